The minimum atomic E-state index is 0.101. The van der Waals surface area contributed by atoms with E-state index in [2.05, 4.69) is 38.1 Å². The third kappa shape index (κ3) is 4.01. The van der Waals surface area contributed by atoms with Crippen molar-refractivity contribution in [3.05, 3.63) is 41.5 Å². The number of hydrogen-bond donors (Lipinski definition) is 0. The maximum Gasteiger partial charge on any atom is 0.152 e. The monoisotopic (exact) mass is 216 g/mol. The molecule has 1 rings (SSSR count). The third-order valence-electron chi connectivity index (χ3n) is 2.47. The van der Waals surface area contributed by atoms with Crippen LogP contribution >= 0.6 is 0 Å². The number of benzene rings is 1. The predicted molar refractivity (Wildman–Crippen MR) is 69.3 cm³/mol. The predicted octanol–water partition coefficient (Wildman–Crippen LogP) is 3.88. The van der Waals surface area contributed by atoms with Crippen molar-refractivity contribution in [3.63, 3.8) is 0 Å². The van der Waals surface area contributed by atoms with Gasteiger partial charge in [-0.05, 0) is 49.0 Å². The average molecular weight is 216 g/mol. The Balaban J connectivity index is 2.82. The molecule has 0 radical (unpaired) electrons. The smallest absolute Gasteiger partial charge is 0.152 e. The fraction of sp³-hybridized carbons (Fsp3) is 0.400. The molecule has 0 heterocycles. The first kappa shape index (κ1) is 12.7. The molecule has 1 nitrogen and oxygen atoms in total. The zero-order valence-electron chi connectivity index (χ0n) is 10.6. The number of hydrogen-bond acceptors (Lipinski definition) is 1. The van der Waals surface area contributed by atoms with Crippen LogP contribution in [0.5, 0.6) is 0 Å². The van der Waals surface area contributed by atoms with E-state index >= 15 is 0 Å². The quantitative estimate of drug-likeness (QED) is 0.698. The summed E-state index contributed by atoms with van der Waals surface area (Å²) in [5, 5.41) is 0. The molecule has 1 aromatic carbocycles. The molecule has 1 aromatic rings. The first-order chi connectivity index (χ1) is 7.49. The van der Waals surface area contributed by atoms with Crippen molar-refractivity contribution in [1.29, 1.82) is 0 Å². The Morgan fingerprint density at radius 3 is 2.19 bits per heavy atom. The highest BCUT2D eigenvalue weighted by molar-refractivity contribution is 5.94. The molecular formula is C15H20O. The lowest BCUT2D eigenvalue weighted by Crippen LogP contribution is -1.94. The van der Waals surface area contributed by atoms with E-state index in [1.165, 1.54) is 5.56 Å². The van der Waals surface area contributed by atoms with Gasteiger partial charge in [-0.2, -0.15) is 0 Å². The van der Waals surface area contributed by atoms with Crippen molar-refractivity contribution < 1.29 is 4.79 Å². The highest BCUT2D eigenvalue weighted by atomic mass is 16.1. The molecule has 0 aliphatic rings. The molecule has 0 amide bonds. The molecule has 0 saturated heterocycles. The molecule has 0 saturated carbocycles. The Bertz CT molecular complexity index is 382. The van der Waals surface area contributed by atoms with E-state index in [1.54, 1.807) is 13.0 Å². The van der Waals surface area contributed by atoms with Crippen LogP contribution in [0.25, 0.3) is 5.57 Å². The highest BCUT2D eigenvalue weighted by Crippen LogP contribution is 2.16. The van der Waals surface area contributed by atoms with Crippen molar-refractivity contribution in [2.75, 3.05) is 0 Å². The Hall–Kier alpha value is -1.37. The molecule has 0 aromatic heterocycles. The number of carbonyl (C=O) groups excluding carboxylic acids is 1. The average Bonchev–Trinajstić information content (AvgIpc) is 2.16. The molecule has 0 unspecified atom stereocenters. The Morgan fingerprint density at radius 1 is 1.19 bits per heavy atom. The van der Waals surface area contributed by atoms with Gasteiger partial charge in [0.25, 0.3) is 0 Å². The van der Waals surface area contributed by atoms with E-state index in [0.29, 0.717) is 5.92 Å². The van der Waals surface area contributed by atoms with Crippen molar-refractivity contribution in [2.45, 2.75) is 34.1 Å². The first-order valence-electron chi connectivity index (χ1n) is 5.77. The van der Waals surface area contributed by atoms with Gasteiger partial charge in [-0.25, -0.2) is 0 Å². The van der Waals surface area contributed by atoms with Gasteiger partial charge >= 0.3 is 0 Å². The van der Waals surface area contributed by atoms with E-state index in [-0.39, 0.29) is 5.78 Å². The van der Waals surface area contributed by atoms with Gasteiger partial charge in [-0.1, -0.05) is 38.1 Å². The molecule has 16 heavy (non-hydrogen) atoms. The Morgan fingerprint density at radius 2 is 1.75 bits per heavy atom. The van der Waals surface area contributed by atoms with Crippen LogP contribution in [-0.2, 0) is 11.2 Å². The molecule has 86 valence electrons. The van der Waals surface area contributed by atoms with Gasteiger partial charge in [0.1, 0.15) is 0 Å². The maximum absolute atomic E-state index is 11.0. The van der Waals surface area contributed by atoms with Gasteiger partial charge in [0.05, 0.1) is 0 Å². The van der Waals surface area contributed by atoms with E-state index in [1.807, 2.05) is 6.92 Å². The number of carbonyl (C=O) groups is 1. The fourth-order valence-corrected chi connectivity index (χ4v) is 1.76. The van der Waals surface area contributed by atoms with E-state index in [9.17, 15) is 4.79 Å². The Kier molecular flexibility index (Phi) is 4.48. The highest BCUT2D eigenvalue weighted by Gasteiger charge is 2.00. The number of allylic oxidation sites excluding steroid dienone is 2. The minimum absolute atomic E-state index is 0.101. The largest absolute Gasteiger partial charge is 0.295 e. The molecule has 0 aliphatic heterocycles. The maximum atomic E-state index is 11.0. The summed E-state index contributed by atoms with van der Waals surface area (Å²) in [6.45, 7) is 7.99. The van der Waals surface area contributed by atoms with Crippen LogP contribution in [0.1, 0.15) is 38.8 Å². The van der Waals surface area contributed by atoms with Crippen molar-refractivity contribution in [1.82, 2.24) is 0 Å². The molecule has 0 N–H and O–H groups in total. The van der Waals surface area contributed by atoms with Crippen LogP contribution in [0.3, 0.4) is 0 Å². The summed E-state index contributed by atoms with van der Waals surface area (Å²) in [6.07, 6.45) is 2.78. The molecular weight excluding hydrogens is 196 g/mol. The summed E-state index contributed by atoms with van der Waals surface area (Å²) in [6, 6.07) is 8.47. The lowest BCUT2D eigenvalue weighted by Gasteiger charge is -2.06. The van der Waals surface area contributed by atoms with Crippen LogP contribution in [0, 0.1) is 5.92 Å². The fourth-order valence-electron chi connectivity index (χ4n) is 1.76. The first-order valence-corrected chi connectivity index (χ1v) is 5.77. The normalized spacial score (nSPS) is 11.9. The van der Waals surface area contributed by atoms with E-state index < -0.39 is 0 Å². The number of ketones is 1. The zero-order valence-corrected chi connectivity index (χ0v) is 10.6. The lowest BCUT2D eigenvalue weighted by molar-refractivity contribution is -0.112. The van der Waals surface area contributed by atoms with Gasteiger partial charge in [0, 0.05) is 0 Å². The third-order valence-corrected chi connectivity index (χ3v) is 2.47. The second-order valence-electron chi connectivity index (χ2n) is 4.73. The van der Waals surface area contributed by atoms with Gasteiger partial charge in [0.15, 0.2) is 5.78 Å². The molecule has 0 atom stereocenters. The van der Waals surface area contributed by atoms with Gasteiger partial charge < -0.3 is 0 Å². The zero-order chi connectivity index (χ0) is 12.1. The second kappa shape index (κ2) is 5.64. The van der Waals surface area contributed by atoms with Crippen LogP contribution in [0.2, 0.25) is 0 Å². The summed E-state index contributed by atoms with van der Waals surface area (Å²) >= 11 is 0. The molecule has 1 heteroatoms. The SMILES string of the molecule is CC(=O)/C=C(\C)c1ccc(CC(C)C)cc1. The summed E-state index contributed by atoms with van der Waals surface area (Å²) in [4.78, 5) is 11.0. The van der Waals surface area contributed by atoms with Crippen molar-refractivity contribution in [3.8, 4) is 0 Å². The van der Waals surface area contributed by atoms with Crippen molar-refractivity contribution in [2.24, 2.45) is 5.92 Å². The number of rotatable bonds is 4. The Labute approximate surface area is 98.2 Å². The van der Waals surface area contributed by atoms with Gasteiger partial charge in [0.2, 0.25) is 0 Å². The standard InChI is InChI=1S/C15H20O/c1-11(2)9-14-5-7-15(8-6-14)12(3)10-13(4)16/h5-8,10-11H,9H2,1-4H3/b12-10+. The molecule has 0 aliphatic carbocycles. The molecule has 0 spiro atoms. The minimum Gasteiger partial charge on any atom is -0.295 e. The van der Waals surface area contributed by atoms with Gasteiger partial charge in [-0.3, -0.25) is 4.79 Å². The van der Waals surface area contributed by atoms with Gasteiger partial charge in [-0.15, -0.1) is 0 Å². The summed E-state index contributed by atoms with van der Waals surface area (Å²) in [7, 11) is 0. The summed E-state index contributed by atoms with van der Waals surface area (Å²) in [5.41, 5.74) is 3.51. The van der Waals surface area contributed by atoms with E-state index in [4.69, 9.17) is 0 Å². The lowest BCUT2D eigenvalue weighted by atomic mass is 9.99. The van der Waals surface area contributed by atoms with Crippen LogP contribution in [0.4, 0.5) is 0 Å². The van der Waals surface area contributed by atoms with Crippen LogP contribution in [-0.4, -0.2) is 5.78 Å². The molecule has 0 bridgehead atoms. The summed E-state index contributed by atoms with van der Waals surface area (Å²) < 4.78 is 0. The van der Waals surface area contributed by atoms with Crippen LogP contribution in [0.15, 0.2) is 30.3 Å². The molecule has 0 fully saturated rings. The topological polar surface area (TPSA) is 17.1 Å². The van der Waals surface area contributed by atoms with Crippen molar-refractivity contribution >= 4 is 11.4 Å². The second-order valence-corrected chi connectivity index (χ2v) is 4.73. The van der Waals surface area contributed by atoms with Crippen LogP contribution < -0.4 is 0 Å². The summed E-state index contributed by atoms with van der Waals surface area (Å²) in [5.74, 6) is 0.781. The van der Waals surface area contributed by atoms with E-state index in [0.717, 1.165) is 17.6 Å².